The molecule has 0 bridgehead atoms. The summed E-state index contributed by atoms with van der Waals surface area (Å²) in [4.78, 5) is 2.55. The number of hydrogen-bond donors (Lipinski definition) is 1. The number of likely N-dealkylation sites (N-methyl/N-ethyl adjacent to an activating group) is 1. The first-order valence-corrected chi connectivity index (χ1v) is 7.27. The Bertz CT molecular complexity index is 470. The monoisotopic (exact) mass is 260 g/mol. The molecule has 3 rings (SSSR count). The number of aryl methyl sites for hydroxylation is 1. The van der Waals surface area contributed by atoms with Crippen molar-refractivity contribution in [2.45, 2.75) is 43.7 Å². The topological polar surface area (TPSA) is 38.5 Å². The van der Waals surface area contributed by atoms with Crippen LogP contribution in [0.25, 0.3) is 0 Å². The van der Waals surface area contributed by atoms with Crippen LogP contribution in [0.2, 0.25) is 0 Å². The molecule has 104 valence electrons. The molecule has 0 heterocycles. The molecule has 0 saturated heterocycles. The number of hydrogen-bond acceptors (Lipinski definition) is 3. The van der Waals surface area contributed by atoms with Gasteiger partial charge < -0.3 is 10.5 Å². The number of methoxy groups -OCH3 is 1. The van der Waals surface area contributed by atoms with Gasteiger partial charge in [-0.2, -0.15) is 0 Å². The van der Waals surface area contributed by atoms with Gasteiger partial charge in [0.2, 0.25) is 0 Å². The predicted octanol–water partition coefficient (Wildman–Crippen LogP) is 1.98. The lowest BCUT2D eigenvalue weighted by atomic mass is 9.76. The van der Waals surface area contributed by atoms with Crippen LogP contribution in [-0.4, -0.2) is 37.2 Å². The van der Waals surface area contributed by atoms with E-state index in [1.54, 1.807) is 7.11 Å². The standard InChI is InChI=1S/C16H24N2O/c1-18(14-4-5-14)16(11-17)8-7-12-3-6-15(19-2)9-13(12)10-16/h3,6,9,14H,4-5,7-8,10-11,17H2,1-2H3. The van der Waals surface area contributed by atoms with E-state index in [9.17, 15) is 0 Å². The molecule has 0 amide bonds. The SMILES string of the molecule is COc1ccc2c(c1)CC(CN)(N(C)C1CC1)CC2. The minimum atomic E-state index is 0.153. The van der Waals surface area contributed by atoms with Crippen LogP contribution in [0.3, 0.4) is 0 Å². The Morgan fingerprint density at radius 2 is 2.16 bits per heavy atom. The van der Waals surface area contributed by atoms with Crippen LogP contribution in [0.15, 0.2) is 18.2 Å². The Hall–Kier alpha value is -1.06. The number of fused-ring (bicyclic) bond motifs is 1. The molecule has 2 N–H and O–H groups in total. The second-order valence-electron chi connectivity index (χ2n) is 6.08. The van der Waals surface area contributed by atoms with E-state index in [0.29, 0.717) is 0 Å². The summed E-state index contributed by atoms with van der Waals surface area (Å²) in [6.07, 6.45) is 6.04. The molecule has 1 aromatic rings. The van der Waals surface area contributed by atoms with E-state index in [2.05, 4.69) is 30.1 Å². The lowest BCUT2D eigenvalue weighted by molar-refractivity contribution is 0.100. The zero-order valence-electron chi connectivity index (χ0n) is 12.0. The highest BCUT2D eigenvalue weighted by Gasteiger charge is 2.43. The number of nitrogens with two attached hydrogens (primary N) is 1. The van der Waals surface area contributed by atoms with Crippen LogP contribution < -0.4 is 10.5 Å². The zero-order valence-corrected chi connectivity index (χ0v) is 12.0. The van der Waals surface area contributed by atoms with Crippen molar-refractivity contribution in [2.75, 3.05) is 20.7 Å². The van der Waals surface area contributed by atoms with Crippen LogP contribution in [0.5, 0.6) is 5.75 Å². The van der Waals surface area contributed by atoms with Crippen molar-refractivity contribution < 1.29 is 4.74 Å². The second-order valence-corrected chi connectivity index (χ2v) is 6.08. The van der Waals surface area contributed by atoms with Gasteiger partial charge in [0, 0.05) is 18.1 Å². The summed E-state index contributed by atoms with van der Waals surface area (Å²) in [6, 6.07) is 7.24. The highest BCUT2D eigenvalue weighted by molar-refractivity contribution is 5.39. The van der Waals surface area contributed by atoms with Gasteiger partial charge in [-0.15, -0.1) is 0 Å². The van der Waals surface area contributed by atoms with Crippen LogP contribution >= 0.6 is 0 Å². The minimum absolute atomic E-state index is 0.153. The quantitative estimate of drug-likeness (QED) is 0.899. The molecule has 1 unspecified atom stereocenters. The lowest BCUT2D eigenvalue weighted by Crippen LogP contribution is -2.56. The predicted molar refractivity (Wildman–Crippen MR) is 77.6 cm³/mol. The van der Waals surface area contributed by atoms with E-state index in [4.69, 9.17) is 10.5 Å². The fourth-order valence-electron chi connectivity index (χ4n) is 3.42. The molecule has 0 radical (unpaired) electrons. The first-order valence-electron chi connectivity index (χ1n) is 7.27. The third kappa shape index (κ3) is 2.26. The Morgan fingerprint density at radius 3 is 2.79 bits per heavy atom. The van der Waals surface area contributed by atoms with Gasteiger partial charge in [-0.3, -0.25) is 4.90 Å². The van der Waals surface area contributed by atoms with E-state index in [0.717, 1.165) is 31.2 Å². The van der Waals surface area contributed by atoms with Crippen molar-refractivity contribution in [3.8, 4) is 5.75 Å². The molecule has 0 spiro atoms. The number of nitrogens with zero attached hydrogens (tertiary/aromatic N) is 1. The molecule has 2 aliphatic carbocycles. The molecule has 1 aromatic carbocycles. The van der Waals surface area contributed by atoms with Gasteiger partial charge in [-0.1, -0.05) is 6.07 Å². The fraction of sp³-hybridized carbons (Fsp3) is 0.625. The molecular weight excluding hydrogens is 236 g/mol. The maximum absolute atomic E-state index is 6.16. The smallest absolute Gasteiger partial charge is 0.119 e. The number of ether oxygens (including phenoxy) is 1. The van der Waals surface area contributed by atoms with Gasteiger partial charge in [0.25, 0.3) is 0 Å². The van der Waals surface area contributed by atoms with Gasteiger partial charge in [-0.05, 0) is 62.4 Å². The zero-order chi connectivity index (χ0) is 13.5. The van der Waals surface area contributed by atoms with Crippen molar-refractivity contribution in [1.29, 1.82) is 0 Å². The molecule has 3 heteroatoms. The van der Waals surface area contributed by atoms with Crippen LogP contribution in [-0.2, 0) is 12.8 Å². The summed E-state index contributed by atoms with van der Waals surface area (Å²) >= 11 is 0. The van der Waals surface area contributed by atoms with Crippen molar-refractivity contribution in [1.82, 2.24) is 4.90 Å². The summed E-state index contributed by atoms with van der Waals surface area (Å²) in [5.74, 6) is 0.959. The molecule has 1 atom stereocenters. The van der Waals surface area contributed by atoms with Crippen molar-refractivity contribution in [3.63, 3.8) is 0 Å². The summed E-state index contributed by atoms with van der Waals surface area (Å²) in [7, 11) is 3.99. The molecule has 3 nitrogen and oxygen atoms in total. The van der Waals surface area contributed by atoms with E-state index < -0.39 is 0 Å². The van der Waals surface area contributed by atoms with Gasteiger partial charge in [-0.25, -0.2) is 0 Å². The van der Waals surface area contributed by atoms with Crippen LogP contribution in [0.1, 0.15) is 30.4 Å². The first kappa shape index (κ1) is 12.9. The first-order chi connectivity index (χ1) is 9.18. The molecule has 1 saturated carbocycles. The molecule has 0 aromatic heterocycles. The van der Waals surface area contributed by atoms with Crippen molar-refractivity contribution in [2.24, 2.45) is 5.73 Å². The third-order valence-electron chi connectivity index (χ3n) is 5.02. The van der Waals surface area contributed by atoms with E-state index in [1.165, 1.54) is 30.4 Å². The Morgan fingerprint density at radius 1 is 1.37 bits per heavy atom. The van der Waals surface area contributed by atoms with Gasteiger partial charge >= 0.3 is 0 Å². The molecule has 19 heavy (non-hydrogen) atoms. The highest BCUT2D eigenvalue weighted by Crippen LogP contribution is 2.39. The average Bonchev–Trinajstić information content (AvgIpc) is 3.29. The van der Waals surface area contributed by atoms with E-state index in [1.807, 2.05) is 0 Å². The van der Waals surface area contributed by atoms with Crippen molar-refractivity contribution in [3.05, 3.63) is 29.3 Å². The van der Waals surface area contributed by atoms with E-state index in [-0.39, 0.29) is 5.54 Å². The average molecular weight is 260 g/mol. The highest BCUT2D eigenvalue weighted by atomic mass is 16.5. The van der Waals surface area contributed by atoms with Crippen LogP contribution in [0, 0.1) is 0 Å². The number of benzene rings is 1. The minimum Gasteiger partial charge on any atom is -0.497 e. The third-order valence-corrected chi connectivity index (χ3v) is 5.02. The molecule has 0 aliphatic heterocycles. The maximum Gasteiger partial charge on any atom is 0.119 e. The van der Waals surface area contributed by atoms with Crippen LogP contribution in [0.4, 0.5) is 0 Å². The molecule has 1 fully saturated rings. The Labute approximate surface area is 115 Å². The van der Waals surface area contributed by atoms with Crippen molar-refractivity contribution >= 4 is 0 Å². The van der Waals surface area contributed by atoms with E-state index >= 15 is 0 Å². The Kier molecular flexibility index (Phi) is 3.27. The van der Waals surface area contributed by atoms with Gasteiger partial charge in [0.15, 0.2) is 0 Å². The summed E-state index contributed by atoms with van der Waals surface area (Å²) in [5.41, 5.74) is 9.20. The summed E-state index contributed by atoms with van der Waals surface area (Å²) in [6.45, 7) is 0.747. The number of rotatable bonds is 4. The molecule has 2 aliphatic rings. The summed E-state index contributed by atoms with van der Waals surface area (Å²) < 4.78 is 5.36. The normalized spacial score (nSPS) is 26.3. The maximum atomic E-state index is 6.16. The largest absolute Gasteiger partial charge is 0.497 e. The Balaban J connectivity index is 1.89. The van der Waals surface area contributed by atoms with Gasteiger partial charge in [0.1, 0.15) is 5.75 Å². The lowest BCUT2D eigenvalue weighted by Gasteiger charge is -2.45. The second kappa shape index (κ2) is 4.80. The fourth-order valence-corrected chi connectivity index (χ4v) is 3.42. The molecular formula is C16H24N2O. The van der Waals surface area contributed by atoms with Gasteiger partial charge in [0.05, 0.1) is 7.11 Å². The summed E-state index contributed by atoms with van der Waals surface area (Å²) in [5, 5.41) is 0.